The summed E-state index contributed by atoms with van der Waals surface area (Å²) in [7, 11) is 1.90. The molecule has 0 aromatic heterocycles. The number of likely N-dealkylation sites (N-methyl/N-ethyl adjacent to an activating group) is 1. The van der Waals surface area contributed by atoms with Gasteiger partial charge < -0.3 is 25.3 Å². The van der Waals surface area contributed by atoms with Crippen LogP contribution in [-0.4, -0.2) is 59.8 Å². The molecule has 0 rings (SSSR count). The van der Waals surface area contributed by atoms with Crippen molar-refractivity contribution in [3.63, 3.8) is 0 Å². The lowest BCUT2D eigenvalue weighted by Gasteiger charge is -2.05. The van der Waals surface area contributed by atoms with Crippen LogP contribution in [0.1, 0.15) is 13.8 Å². The largest absolute Gasteiger partial charge is 0.378 e. The molecular weight excluding hydrogens is 208 g/mol. The predicted molar refractivity (Wildman–Crippen MR) is 66.8 cm³/mol. The number of ether oxygens (including phenoxy) is 3. The maximum Gasteiger partial charge on any atom is 0.0701 e. The number of rotatable bonds is 11. The standard InChI is InChI=1S/C9H22N2O3.C2H6/c1-11-3-5-13-7-9-14-8-6-12-4-2-10;1-2/h11H,2-10H2,1H3;1-2H3. The monoisotopic (exact) mass is 236 g/mol. The van der Waals surface area contributed by atoms with E-state index in [-0.39, 0.29) is 0 Å². The Balaban J connectivity index is 0. The summed E-state index contributed by atoms with van der Waals surface area (Å²) in [4.78, 5) is 0. The predicted octanol–water partition coefficient (Wildman–Crippen LogP) is 0.241. The molecule has 3 N–H and O–H groups in total. The van der Waals surface area contributed by atoms with E-state index in [4.69, 9.17) is 19.9 Å². The first kappa shape index (κ1) is 18.2. The molecule has 0 saturated carbocycles. The zero-order chi connectivity index (χ0) is 12.5. The second-order valence-corrected chi connectivity index (χ2v) is 2.73. The van der Waals surface area contributed by atoms with Crippen molar-refractivity contribution >= 4 is 0 Å². The van der Waals surface area contributed by atoms with Gasteiger partial charge in [0, 0.05) is 13.1 Å². The summed E-state index contributed by atoms with van der Waals surface area (Å²) in [6.45, 7) is 9.23. The molecular formula is C11H28N2O3. The van der Waals surface area contributed by atoms with Gasteiger partial charge in [-0.1, -0.05) is 13.8 Å². The molecule has 0 aliphatic heterocycles. The van der Waals surface area contributed by atoms with Crippen molar-refractivity contribution in [3.05, 3.63) is 0 Å². The van der Waals surface area contributed by atoms with Crippen molar-refractivity contribution in [1.29, 1.82) is 0 Å². The van der Waals surface area contributed by atoms with Gasteiger partial charge in [0.25, 0.3) is 0 Å². The van der Waals surface area contributed by atoms with Crippen molar-refractivity contribution in [3.8, 4) is 0 Å². The van der Waals surface area contributed by atoms with Gasteiger partial charge in [0.2, 0.25) is 0 Å². The normalized spacial score (nSPS) is 9.75. The lowest BCUT2D eigenvalue weighted by molar-refractivity contribution is 0.0168. The van der Waals surface area contributed by atoms with E-state index in [2.05, 4.69) is 5.32 Å². The lowest BCUT2D eigenvalue weighted by Crippen LogP contribution is -2.17. The second-order valence-electron chi connectivity index (χ2n) is 2.73. The maximum absolute atomic E-state index is 5.25. The SMILES string of the molecule is CC.CNCCOCCOCCOCCN. The summed E-state index contributed by atoms with van der Waals surface area (Å²) in [5.41, 5.74) is 5.25. The fourth-order valence-electron chi connectivity index (χ4n) is 0.799. The summed E-state index contributed by atoms with van der Waals surface area (Å²) in [5, 5.41) is 3.00. The molecule has 0 fully saturated rings. The van der Waals surface area contributed by atoms with Crippen LogP contribution in [0.3, 0.4) is 0 Å². The third kappa shape index (κ3) is 19.4. The minimum Gasteiger partial charge on any atom is -0.378 e. The van der Waals surface area contributed by atoms with Crippen LogP contribution >= 0.6 is 0 Å². The molecule has 0 spiro atoms. The lowest BCUT2D eigenvalue weighted by atomic mass is 10.6. The number of hydrogen-bond donors (Lipinski definition) is 2. The average Bonchev–Trinajstić information content (AvgIpc) is 2.34. The maximum atomic E-state index is 5.25. The Hall–Kier alpha value is -0.200. The molecule has 0 heterocycles. The molecule has 0 aromatic rings. The van der Waals surface area contributed by atoms with Crippen LogP contribution in [0.2, 0.25) is 0 Å². The minimum atomic E-state index is 0.563. The number of nitrogens with two attached hydrogens (primary N) is 1. The van der Waals surface area contributed by atoms with Gasteiger partial charge >= 0.3 is 0 Å². The second kappa shape index (κ2) is 20.2. The molecule has 0 aliphatic rings. The van der Waals surface area contributed by atoms with E-state index in [0.29, 0.717) is 39.6 Å². The van der Waals surface area contributed by atoms with Crippen LogP contribution in [0.5, 0.6) is 0 Å². The van der Waals surface area contributed by atoms with Crippen molar-refractivity contribution in [2.24, 2.45) is 5.73 Å². The van der Waals surface area contributed by atoms with E-state index in [1.54, 1.807) is 0 Å². The van der Waals surface area contributed by atoms with Gasteiger partial charge in [0.05, 0.1) is 39.6 Å². The van der Waals surface area contributed by atoms with Gasteiger partial charge in [-0.15, -0.1) is 0 Å². The number of nitrogens with one attached hydrogen (secondary N) is 1. The van der Waals surface area contributed by atoms with E-state index in [1.165, 1.54) is 0 Å². The van der Waals surface area contributed by atoms with E-state index < -0.39 is 0 Å². The highest BCUT2D eigenvalue weighted by atomic mass is 16.5. The molecule has 0 radical (unpaired) electrons. The zero-order valence-corrected chi connectivity index (χ0v) is 11.0. The van der Waals surface area contributed by atoms with Crippen LogP contribution in [0, 0.1) is 0 Å². The van der Waals surface area contributed by atoms with Crippen molar-refractivity contribution in [1.82, 2.24) is 5.32 Å². The first-order valence-corrected chi connectivity index (χ1v) is 5.99. The Morgan fingerprint density at radius 3 is 1.69 bits per heavy atom. The molecule has 0 aliphatic carbocycles. The molecule has 5 nitrogen and oxygen atoms in total. The molecule has 5 heteroatoms. The van der Waals surface area contributed by atoms with Gasteiger partial charge in [0.15, 0.2) is 0 Å². The minimum absolute atomic E-state index is 0.563. The summed E-state index contributed by atoms with van der Waals surface area (Å²) < 4.78 is 15.6. The number of hydrogen-bond acceptors (Lipinski definition) is 5. The third-order valence-corrected chi connectivity index (χ3v) is 1.50. The first-order chi connectivity index (χ1) is 7.91. The van der Waals surface area contributed by atoms with E-state index >= 15 is 0 Å². The molecule has 0 atom stereocenters. The van der Waals surface area contributed by atoms with Gasteiger partial charge in [-0.25, -0.2) is 0 Å². The Labute approximate surface area is 99.6 Å². The van der Waals surface area contributed by atoms with E-state index in [1.807, 2.05) is 20.9 Å². The third-order valence-electron chi connectivity index (χ3n) is 1.50. The zero-order valence-electron chi connectivity index (χ0n) is 11.0. The Bertz CT molecular complexity index is 93.2. The van der Waals surface area contributed by atoms with Crippen LogP contribution < -0.4 is 11.1 Å². The molecule has 0 saturated heterocycles. The van der Waals surface area contributed by atoms with Crippen LogP contribution in [0.25, 0.3) is 0 Å². The Morgan fingerprint density at radius 1 is 0.812 bits per heavy atom. The highest BCUT2D eigenvalue weighted by Gasteiger charge is 1.90. The molecule has 0 amide bonds. The van der Waals surface area contributed by atoms with E-state index in [0.717, 1.165) is 13.2 Å². The molecule has 16 heavy (non-hydrogen) atoms. The fraction of sp³-hybridized carbons (Fsp3) is 1.00. The van der Waals surface area contributed by atoms with Crippen LogP contribution in [0.15, 0.2) is 0 Å². The highest BCUT2D eigenvalue weighted by Crippen LogP contribution is 1.80. The summed E-state index contributed by atoms with van der Waals surface area (Å²) in [6, 6.07) is 0. The quantitative estimate of drug-likeness (QED) is 0.503. The summed E-state index contributed by atoms with van der Waals surface area (Å²) in [6.07, 6.45) is 0. The van der Waals surface area contributed by atoms with Crippen molar-refractivity contribution < 1.29 is 14.2 Å². The van der Waals surface area contributed by atoms with Gasteiger partial charge in [-0.3, -0.25) is 0 Å². The van der Waals surface area contributed by atoms with Crippen LogP contribution in [-0.2, 0) is 14.2 Å². The first-order valence-electron chi connectivity index (χ1n) is 5.99. The van der Waals surface area contributed by atoms with Gasteiger partial charge in [-0.2, -0.15) is 0 Å². The van der Waals surface area contributed by atoms with Gasteiger partial charge in [-0.05, 0) is 7.05 Å². The average molecular weight is 236 g/mol. The Morgan fingerprint density at radius 2 is 1.25 bits per heavy atom. The molecule has 100 valence electrons. The highest BCUT2D eigenvalue weighted by molar-refractivity contribution is 4.37. The van der Waals surface area contributed by atoms with E-state index in [9.17, 15) is 0 Å². The fourth-order valence-corrected chi connectivity index (χ4v) is 0.799. The van der Waals surface area contributed by atoms with Crippen molar-refractivity contribution in [2.75, 3.05) is 59.8 Å². The summed E-state index contributed by atoms with van der Waals surface area (Å²) in [5.74, 6) is 0. The molecule has 0 bridgehead atoms. The van der Waals surface area contributed by atoms with Crippen LogP contribution in [0.4, 0.5) is 0 Å². The molecule has 0 aromatic carbocycles. The topological polar surface area (TPSA) is 65.7 Å². The summed E-state index contributed by atoms with van der Waals surface area (Å²) >= 11 is 0. The Kier molecular flexibility index (Phi) is 23.0. The smallest absolute Gasteiger partial charge is 0.0701 e. The van der Waals surface area contributed by atoms with Gasteiger partial charge in [0.1, 0.15) is 0 Å². The van der Waals surface area contributed by atoms with Crippen molar-refractivity contribution in [2.45, 2.75) is 13.8 Å². The molecule has 0 unspecified atom stereocenters.